The smallest absolute Gasteiger partial charge is 0.123 e. The van der Waals surface area contributed by atoms with Crippen molar-refractivity contribution in [3.63, 3.8) is 0 Å². The number of aromatic hydroxyl groups is 1. The second kappa shape index (κ2) is 5.46. The highest BCUT2D eigenvalue weighted by Gasteiger charge is 2.19. The third kappa shape index (κ3) is 2.32. The second-order valence-electron chi connectivity index (χ2n) is 4.94. The van der Waals surface area contributed by atoms with Gasteiger partial charge in [-0.3, -0.25) is 0 Å². The lowest BCUT2D eigenvalue weighted by molar-refractivity contribution is 0.407. The second-order valence-corrected chi connectivity index (χ2v) is 4.94. The molecule has 0 amide bonds. The number of hydrogen-bond acceptors (Lipinski definition) is 3. The van der Waals surface area contributed by atoms with Crippen molar-refractivity contribution in [3.05, 3.63) is 71.8 Å². The molecule has 3 heteroatoms. The van der Waals surface area contributed by atoms with Gasteiger partial charge < -0.3 is 15.6 Å². The molecule has 3 aromatic rings. The highest BCUT2D eigenvalue weighted by Crippen LogP contribution is 2.37. The lowest BCUT2D eigenvalue weighted by Gasteiger charge is -2.19. The van der Waals surface area contributed by atoms with E-state index in [4.69, 9.17) is 10.5 Å². The van der Waals surface area contributed by atoms with Gasteiger partial charge >= 0.3 is 0 Å². The number of phenolic OH excluding ortho intramolecular Hbond substituents is 1. The highest BCUT2D eigenvalue weighted by atomic mass is 16.5. The Morgan fingerprint density at radius 1 is 0.952 bits per heavy atom. The van der Waals surface area contributed by atoms with Gasteiger partial charge in [-0.15, -0.1) is 0 Å². The van der Waals surface area contributed by atoms with E-state index in [-0.39, 0.29) is 5.75 Å². The molecule has 0 aliphatic heterocycles. The van der Waals surface area contributed by atoms with E-state index >= 15 is 0 Å². The van der Waals surface area contributed by atoms with Gasteiger partial charge in [0.1, 0.15) is 11.5 Å². The van der Waals surface area contributed by atoms with Crippen LogP contribution in [0.3, 0.4) is 0 Å². The van der Waals surface area contributed by atoms with Crippen LogP contribution in [0, 0.1) is 0 Å². The van der Waals surface area contributed by atoms with Crippen molar-refractivity contribution in [1.29, 1.82) is 0 Å². The molecule has 0 radical (unpaired) electrons. The van der Waals surface area contributed by atoms with Crippen molar-refractivity contribution < 1.29 is 9.84 Å². The minimum atomic E-state index is -0.452. The predicted octanol–water partition coefficient (Wildman–Crippen LogP) is 3.60. The molecule has 3 rings (SSSR count). The summed E-state index contributed by atoms with van der Waals surface area (Å²) in [6.45, 7) is 0. The standard InChI is InChI=1S/C18H17NO2/c1-21-16-9-5-4-8-14(16)18(19)17-13-7-3-2-6-12(13)10-11-15(17)20/h2-11,18,20H,19H2,1H3. The maximum atomic E-state index is 10.3. The lowest BCUT2D eigenvalue weighted by atomic mass is 9.93. The first-order valence-electron chi connectivity index (χ1n) is 6.81. The molecular formula is C18H17NO2. The van der Waals surface area contributed by atoms with E-state index in [0.29, 0.717) is 0 Å². The number of hydrogen-bond donors (Lipinski definition) is 2. The largest absolute Gasteiger partial charge is 0.508 e. The van der Waals surface area contributed by atoms with Crippen LogP contribution in [0.5, 0.6) is 11.5 Å². The first-order chi connectivity index (χ1) is 10.2. The summed E-state index contributed by atoms with van der Waals surface area (Å²) in [5.74, 6) is 0.921. The Hall–Kier alpha value is -2.52. The molecular weight excluding hydrogens is 262 g/mol. The number of rotatable bonds is 3. The Bertz CT molecular complexity index is 783. The molecule has 0 spiro atoms. The SMILES string of the molecule is COc1ccccc1C(N)c1c(O)ccc2ccccc12. The van der Waals surface area contributed by atoms with E-state index in [1.807, 2.05) is 54.6 Å². The van der Waals surface area contributed by atoms with Crippen molar-refractivity contribution in [2.24, 2.45) is 5.73 Å². The van der Waals surface area contributed by atoms with Crippen LogP contribution in [-0.2, 0) is 0 Å². The molecule has 0 bridgehead atoms. The Morgan fingerprint density at radius 3 is 2.48 bits per heavy atom. The fourth-order valence-electron chi connectivity index (χ4n) is 2.69. The summed E-state index contributed by atoms with van der Waals surface area (Å²) in [7, 11) is 1.62. The fourth-order valence-corrected chi connectivity index (χ4v) is 2.69. The molecule has 21 heavy (non-hydrogen) atoms. The van der Waals surface area contributed by atoms with E-state index in [1.54, 1.807) is 13.2 Å². The summed E-state index contributed by atoms with van der Waals surface area (Å²) in [5.41, 5.74) is 7.99. The molecule has 3 aromatic carbocycles. The first kappa shape index (κ1) is 13.5. The van der Waals surface area contributed by atoms with Crippen molar-refractivity contribution >= 4 is 10.8 Å². The molecule has 0 fully saturated rings. The fraction of sp³-hybridized carbons (Fsp3) is 0.111. The molecule has 1 unspecified atom stereocenters. The summed E-state index contributed by atoms with van der Waals surface area (Å²) in [6.07, 6.45) is 0. The van der Waals surface area contributed by atoms with Crippen molar-refractivity contribution in [3.8, 4) is 11.5 Å². The van der Waals surface area contributed by atoms with E-state index < -0.39 is 6.04 Å². The first-order valence-corrected chi connectivity index (χ1v) is 6.81. The van der Waals surface area contributed by atoms with E-state index in [1.165, 1.54) is 0 Å². The van der Waals surface area contributed by atoms with Crippen molar-refractivity contribution in [2.45, 2.75) is 6.04 Å². The molecule has 0 aliphatic carbocycles. The molecule has 0 aromatic heterocycles. The summed E-state index contributed by atoms with van der Waals surface area (Å²) in [5, 5.41) is 12.3. The van der Waals surface area contributed by atoms with Gasteiger partial charge in [0, 0.05) is 11.1 Å². The highest BCUT2D eigenvalue weighted by molar-refractivity contribution is 5.88. The average Bonchev–Trinajstić information content (AvgIpc) is 2.54. The Kier molecular flexibility index (Phi) is 3.50. The quantitative estimate of drug-likeness (QED) is 0.770. The number of fused-ring (bicyclic) bond motifs is 1. The van der Waals surface area contributed by atoms with Crippen LogP contribution in [0.25, 0.3) is 10.8 Å². The molecule has 1 atom stereocenters. The van der Waals surface area contributed by atoms with E-state index in [2.05, 4.69) is 0 Å². The molecule has 0 heterocycles. The van der Waals surface area contributed by atoms with Gasteiger partial charge in [-0.2, -0.15) is 0 Å². The molecule has 0 saturated heterocycles. The minimum absolute atomic E-state index is 0.201. The van der Waals surface area contributed by atoms with Gasteiger partial charge in [-0.25, -0.2) is 0 Å². The average molecular weight is 279 g/mol. The Morgan fingerprint density at radius 2 is 1.67 bits per heavy atom. The van der Waals surface area contributed by atoms with Crippen LogP contribution in [0.4, 0.5) is 0 Å². The monoisotopic (exact) mass is 279 g/mol. The number of nitrogens with two attached hydrogens (primary N) is 1. The summed E-state index contributed by atoms with van der Waals surface area (Å²) < 4.78 is 5.38. The third-order valence-corrected chi connectivity index (χ3v) is 3.73. The summed E-state index contributed by atoms with van der Waals surface area (Å²) >= 11 is 0. The topological polar surface area (TPSA) is 55.5 Å². The van der Waals surface area contributed by atoms with Crippen LogP contribution in [0.1, 0.15) is 17.2 Å². The molecule has 3 nitrogen and oxygen atoms in total. The van der Waals surface area contributed by atoms with Gasteiger partial charge in [-0.05, 0) is 22.9 Å². The minimum Gasteiger partial charge on any atom is -0.508 e. The number of benzene rings is 3. The molecule has 3 N–H and O–H groups in total. The van der Waals surface area contributed by atoms with Gasteiger partial charge in [0.05, 0.1) is 13.2 Å². The predicted molar refractivity (Wildman–Crippen MR) is 84.6 cm³/mol. The Balaban J connectivity index is 2.22. The van der Waals surface area contributed by atoms with E-state index in [0.717, 1.165) is 27.6 Å². The van der Waals surface area contributed by atoms with E-state index in [9.17, 15) is 5.11 Å². The van der Waals surface area contributed by atoms with Gasteiger partial charge in [0.2, 0.25) is 0 Å². The van der Waals surface area contributed by atoms with Gasteiger partial charge in [0.25, 0.3) is 0 Å². The zero-order valence-electron chi connectivity index (χ0n) is 11.8. The summed E-state index contributed by atoms with van der Waals surface area (Å²) in [6, 6.07) is 18.6. The van der Waals surface area contributed by atoms with Crippen LogP contribution in [-0.4, -0.2) is 12.2 Å². The molecule has 0 aliphatic rings. The third-order valence-electron chi connectivity index (χ3n) is 3.73. The molecule has 0 saturated carbocycles. The lowest BCUT2D eigenvalue weighted by Crippen LogP contribution is -2.13. The van der Waals surface area contributed by atoms with Gasteiger partial charge in [-0.1, -0.05) is 48.5 Å². The number of ether oxygens (including phenoxy) is 1. The van der Waals surface area contributed by atoms with Crippen LogP contribution in [0.15, 0.2) is 60.7 Å². The maximum absolute atomic E-state index is 10.3. The van der Waals surface area contributed by atoms with Crippen LogP contribution < -0.4 is 10.5 Å². The zero-order chi connectivity index (χ0) is 14.8. The van der Waals surface area contributed by atoms with Crippen LogP contribution in [0.2, 0.25) is 0 Å². The summed E-state index contributed by atoms with van der Waals surface area (Å²) in [4.78, 5) is 0. The van der Waals surface area contributed by atoms with Crippen molar-refractivity contribution in [2.75, 3.05) is 7.11 Å². The number of para-hydroxylation sites is 1. The normalized spacial score (nSPS) is 12.3. The zero-order valence-corrected chi connectivity index (χ0v) is 11.8. The maximum Gasteiger partial charge on any atom is 0.123 e. The number of phenols is 1. The van der Waals surface area contributed by atoms with Gasteiger partial charge in [0.15, 0.2) is 0 Å². The number of methoxy groups -OCH3 is 1. The molecule has 106 valence electrons. The van der Waals surface area contributed by atoms with Crippen molar-refractivity contribution in [1.82, 2.24) is 0 Å². The van der Waals surface area contributed by atoms with Crippen LogP contribution >= 0.6 is 0 Å². The Labute approximate surface area is 123 Å².